The van der Waals surface area contributed by atoms with Crippen LogP contribution in [0.3, 0.4) is 0 Å². The van der Waals surface area contributed by atoms with Crippen molar-refractivity contribution in [3.8, 4) is 0 Å². The molecule has 1 saturated carbocycles. The molecule has 26 heavy (non-hydrogen) atoms. The fourth-order valence-electron chi connectivity index (χ4n) is 3.28. The van der Waals surface area contributed by atoms with Gasteiger partial charge in [-0.25, -0.2) is 4.39 Å². The number of amides is 2. The van der Waals surface area contributed by atoms with Crippen LogP contribution in [0.15, 0.2) is 48.5 Å². The maximum atomic E-state index is 13.2. The highest BCUT2D eigenvalue weighted by Crippen LogP contribution is 2.25. The summed E-state index contributed by atoms with van der Waals surface area (Å²) in [5, 5.41) is 5.69. The van der Waals surface area contributed by atoms with Crippen LogP contribution < -0.4 is 10.6 Å². The summed E-state index contributed by atoms with van der Waals surface area (Å²) in [6.07, 6.45) is 5.26. The van der Waals surface area contributed by atoms with E-state index in [2.05, 4.69) is 10.6 Å². The predicted molar refractivity (Wildman–Crippen MR) is 99.2 cm³/mol. The normalized spacial score (nSPS) is 14.7. The molecule has 136 valence electrons. The van der Waals surface area contributed by atoms with Gasteiger partial charge in [0.25, 0.3) is 5.91 Å². The fourth-order valence-corrected chi connectivity index (χ4v) is 3.28. The van der Waals surface area contributed by atoms with Gasteiger partial charge in [0.05, 0.1) is 0 Å². The summed E-state index contributed by atoms with van der Waals surface area (Å²) in [6.45, 7) is 0.245. The Morgan fingerprint density at radius 3 is 2.54 bits per heavy atom. The van der Waals surface area contributed by atoms with Crippen molar-refractivity contribution >= 4 is 17.5 Å². The Labute approximate surface area is 152 Å². The lowest BCUT2D eigenvalue weighted by Gasteiger charge is -2.20. The van der Waals surface area contributed by atoms with Crippen molar-refractivity contribution in [1.82, 2.24) is 5.32 Å². The highest BCUT2D eigenvalue weighted by molar-refractivity contribution is 5.97. The number of anilines is 1. The first-order chi connectivity index (χ1) is 12.6. The zero-order chi connectivity index (χ0) is 18.4. The van der Waals surface area contributed by atoms with Crippen LogP contribution in [0.4, 0.5) is 10.1 Å². The maximum absolute atomic E-state index is 13.2. The number of hydrogen-bond donors (Lipinski definition) is 2. The SMILES string of the molecule is O=C(NCc1cccc(F)c1)c1cccc(NC(=O)C2CCCCC2)c1. The van der Waals surface area contributed by atoms with Gasteiger partial charge in [-0.3, -0.25) is 9.59 Å². The number of nitrogens with one attached hydrogen (secondary N) is 2. The Balaban J connectivity index is 1.59. The van der Waals surface area contributed by atoms with Gasteiger partial charge in [-0.15, -0.1) is 0 Å². The molecule has 2 N–H and O–H groups in total. The van der Waals surface area contributed by atoms with E-state index >= 15 is 0 Å². The molecule has 1 fully saturated rings. The van der Waals surface area contributed by atoms with Crippen molar-refractivity contribution in [2.24, 2.45) is 5.92 Å². The van der Waals surface area contributed by atoms with E-state index in [-0.39, 0.29) is 30.1 Å². The molecule has 0 radical (unpaired) electrons. The molecule has 0 saturated heterocycles. The van der Waals surface area contributed by atoms with Gasteiger partial charge in [0.1, 0.15) is 5.82 Å². The molecule has 5 heteroatoms. The number of halogens is 1. The topological polar surface area (TPSA) is 58.2 Å². The van der Waals surface area contributed by atoms with Crippen molar-refractivity contribution in [3.05, 3.63) is 65.5 Å². The zero-order valence-corrected chi connectivity index (χ0v) is 14.6. The lowest BCUT2D eigenvalue weighted by atomic mass is 9.88. The van der Waals surface area contributed by atoms with E-state index in [0.717, 1.165) is 25.7 Å². The molecule has 2 aromatic carbocycles. The summed E-state index contributed by atoms with van der Waals surface area (Å²) in [7, 11) is 0. The molecule has 0 spiro atoms. The van der Waals surface area contributed by atoms with E-state index in [1.54, 1.807) is 36.4 Å². The molecular formula is C21H23FN2O2. The minimum Gasteiger partial charge on any atom is -0.348 e. The molecule has 0 aliphatic heterocycles. The van der Waals surface area contributed by atoms with Gasteiger partial charge in [-0.1, -0.05) is 37.5 Å². The second-order valence-corrected chi connectivity index (χ2v) is 6.72. The highest BCUT2D eigenvalue weighted by atomic mass is 19.1. The van der Waals surface area contributed by atoms with Crippen LogP contribution in [0.1, 0.15) is 48.0 Å². The van der Waals surface area contributed by atoms with Gasteiger partial charge in [-0.05, 0) is 48.7 Å². The third kappa shape index (κ3) is 4.91. The summed E-state index contributed by atoms with van der Waals surface area (Å²) < 4.78 is 13.2. The number of benzene rings is 2. The molecule has 0 bridgehead atoms. The first-order valence-corrected chi connectivity index (χ1v) is 9.05. The molecule has 3 rings (SSSR count). The molecule has 0 aromatic heterocycles. The third-order valence-electron chi connectivity index (χ3n) is 4.71. The molecule has 0 atom stereocenters. The van der Waals surface area contributed by atoms with E-state index in [1.807, 2.05) is 0 Å². The van der Waals surface area contributed by atoms with E-state index in [9.17, 15) is 14.0 Å². The van der Waals surface area contributed by atoms with Crippen molar-refractivity contribution < 1.29 is 14.0 Å². The fraction of sp³-hybridized carbons (Fsp3) is 0.333. The number of carbonyl (C=O) groups excluding carboxylic acids is 2. The Morgan fingerprint density at radius 2 is 1.77 bits per heavy atom. The first kappa shape index (κ1) is 18.1. The number of carbonyl (C=O) groups is 2. The monoisotopic (exact) mass is 354 g/mol. The average Bonchev–Trinajstić information content (AvgIpc) is 2.67. The molecule has 4 nitrogen and oxygen atoms in total. The standard InChI is InChI=1S/C21H23FN2O2/c22-18-10-4-6-15(12-18)14-23-20(25)17-9-5-11-19(13-17)24-21(26)16-7-2-1-3-8-16/h4-6,9-13,16H,1-3,7-8,14H2,(H,23,25)(H,24,26). The van der Waals surface area contributed by atoms with E-state index < -0.39 is 0 Å². The van der Waals surface area contributed by atoms with Gasteiger partial charge < -0.3 is 10.6 Å². The molecular weight excluding hydrogens is 331 g/mol. The third-order valence-corrected chi connectivity index (χ3v) is 4.71. The van der Waals surface area contributed by atoms with Crippen LogP contribution in [-0.2, 0) is 11.3 Å². The van der Waals surface area contributed by atoms with Crippen LogP contribution in [-0.4, -0.2) is 11.8 Å². The zero-order valence-electron chi connectivity index (χ0n) is 14.6. The van der Waals surface area contributed by atoms with Gasteiger partial charge in [-0.2, -0.15) is 0 Å². The number of hydrogen-bond acceptors (Lipinski definition) is 2. The van der Waals surface area contributed by atoms with E-state index in [0.29, 0.717) is 16.8 Å². The van der Waals surface area contributed by atoms with Gasteiger partial charge in [0.2, 0.25) is 5.91 Å². The quantitative estimate of drug-likeness (QED) is 0.842. The minimum atomic E-state index is -0.329. The summed E-state index contributed by atoms with van der Waals surface area (Å²) in [5.41, 5.74) is 1.78. The summed E-state index contributed by atoms with van der Waals surface area (Å²) in [5.74, 6) is -0.497. The maximum Gasteiger partial charge on any atom is 0.251 e. The molecule has 1 aliphatic rings. The number of rotatable bonds is 5. The molecule has 2 aromatic rings. The average molecular weight is 354 g/mol. The largest absolute Gasteiger partial charge is 0.348 e. The van der Waals surface area contributed by atoms with E-state index in [1.165, 1.54) is 18.6 Å². The van der Waals surface area contributed by atoms with Gasteiger partial charge in [0, 0.05) is 23.7 Å². The van der Waals surface area contributed by atoms with Crippen molar-refractivity contribution in [1.29, 1.82) is 0 Å². The van der Waals surface area contributed by atoms with Crippen LogP contribution >= 0.6 is 0 Å². The second kappa shape index (κ2) is 8.61. The van der Waals surface area contributed by atoms with Crippen LogP contribution in [0, 0.1) is 11.7 Å². The second-order valence-electron chi connectivity index (χ2n) is 6.72. The Hall–Kier alpha value is -2.69. The van der Waals surface area contributed by atoms with Crippen molar-refractivity contribution in [2.75, 3.05) is 5.32 Å². The summed E-state index contributed by atoms with van der Waals surface area (Å²) >= 11 is 0. The van der Waals surface area contributed by atoms with Crippen LogP contribution in [0.2, 0.25) is 0 Å². The van der Waals surface area contributed by atoms with Gasteiger partial charge in [0.15, 0.2) is 0 Å². The van der Waals surface area contributed by atoms with Crippen LogP contribution in [0.5, 0.6) is 0 Å². The summed E-state index contributed by atoms with van der Waals surface area (Å²) in [4.78, 5) is 24.7. The molecule has 0 heterocycles. The molecule has 1 aliphatic carbocycles. The van der Waals surface area contributed by atoms with Crippen LogP contribution in [0.25, 0.3) is 0 Å². The smallest absolute Gasteiger partial charge is 0.251 e. The highest BCUT2D eigenvalue weighted by Gasteiger charge is 2.21. The predicted octanol–water partition coefficient (Wildman–Crippen LogP) is 4.27. The Morgan fingerprint density at radius 1 is 1.00 bits per heavy atom. The Bertz CT molecular complexity index is 785. The molecule has 2 amide bonds. The first-order valence-electron chi connectivity index (χ1n) is 9.05. The lowest BCUT2D eigenvalue weighted by Crippen LogP contribution is -2.25. The summed E-state index contributed by atoms with van der Waals surface area (Å²) in [6, 6.07) is 13.0. The van der Waals surface area contributed by atoms with Gasteiger partial charge >= 0.3 is 0 Å². The lowest BCUT2D eigenvalue weighted by molar-refractivity contribution is -0.120. The minimum absolute atomic E-state index is 0.0296. The van der Waals surface area contributed by atoms with E-state index in [4.69, 9.17) is 0 Å². The molecule has 0 unspecified atom stereocenters. The van der Waals surface area contributed by atoms with Crippen molar-refractivity contribution in [2.45, 2.75) is 38.6 Å². The Kier molecular flexibility index (Phi) is 6.00. The van der Waals surface area contributed by atoms with Crippen molar-refractivity contribution in [3.63, 3.8) is 0 Å².